The highest BCUT2D eigenvalue weighted by Gasteiger charge is 2.25. The van der Waals surface area contributed by atoms with Crippen LogP contribution in [0.25, 0.3) is 5.95 Å². The molecule has 1 amide bonds. The lowest BCUT2D eigenvalue weighted by Gasteiger charge is -2.26. The Kier molecular flexibility index (Phi) is 4.59. The maximum Gasteiger partial charge on any atom is 0.338 e. The molecule has 138 valence electrons. The zero-order valence-electron chi connectivity index (χ0n) is 14.6. The Balaban J connectivity index is 1.84. The van der Waals surface area contributed by atoms with Gasteiger partial charge in [0.1, 0.15) is 5.56 Å². The summed E-state index contributed by atoms with van der Waals surface area (Å²) in [5, 5.41) is 15.6. The molecule has 2 aromatic heterocycles. The van der Waals surface area contributed by atoms with Crippen LogP contribution in [0.1, 0.15) is 40.1 Å². The van der Waals surface area contributed by atoms with Gasteiger partial charge in [0.15, 0.2) is 0 Å². The molecule has 9 heteroatoms. The van der Waals surface area contributed by atoms with E-state index >= 15 is 0 Å². The minimum absolute atomic E-state index is 0.00590. The van der Waals surface area contributed by atoms with Gasteiger partial charge in [-0.3, -0.25) is 14.6 Å². The first-order chi connectivity index (χ1) is 12.8. The zero-order chi connectivity index (χ0) is 19.6. The van der Waals surface area contributed by atoms with Gasteiger partial charge in [0.05, 0.1) is 17.3 Å². The standard InChI is InChI=1S/C18H17N5O4/c1-18(2,12-6-4-3-5-7-12)22-15(25)13-9-19-17(21-14(13)24)23-10-11(8-20-23)16(26)27/h3-10H,1-2H3,(H,22,25)(H,26,27)(H,19,21,24). The Hall–Kier alpha value is -3.75. The molecule has 1 aromatic carbocycles. The van der Waals surface area contributed by atoms with Crippen molar-refractivity contribution in [2.45, 2.75) is 19.4 Å². The number of carbonyl (C=O) groups excluding carboxylic acids is 1. The largest absolute Gasteiger partial charge is 0.478 e. The summed E-state index contributed by atoms with van der Waals surface area (Å²) in [6.45, 7) is 3.65. The summed E-state index contributed by atoms with van der Waals surface area (Å²) in [5.74, 6) is -1.72. The second kappa shape index (κ2) is 6.87. The Bertz CT molecular complexity index is 1050. The number of carboxylic acid groups (broad SMARTS) is 1. The van der Waals surface area contributed by atoms with Gasteiger partial charge in [0, 0.05) is 12.4 Å². The molecule has 0 spiro atoms. The number of hydrogen-bond donors (Lipinski definition) is 3. The minimum atomic E-state index is -1.15. The normalized spacial score (nSPS) is 11.2. The van der Waals surface area contributed by atoms with Crippen molar-refractivity contribution < 1.29 is 14.7 Å². The molecular formula is C18H17N5O4. The number of carboxylic acids is 1. The van der Waals surface area contributed by atoms with Crippen LogP contribution >= 0.6 is 0 Å². The van der Waals surface area contributed by atoms with Gasteiger partial charge in [-0.25, -0.2) is 14.5 Å². The molecular weight excluding hydrogens is 350 g/mol. The van der Waals surface area contributed by atoms with Crippen molar-refractivity contribution in [2.75, 3.05) is 0 Å². The predicted octanol–water partition coefficient (Wildman–Crippen LogP) is 1.32. The molecule has 0 bridgehead atoms. The summed E-state index contributed by atoms with van der Waals surface area (Å²) in [4.78, 5) is 42.2. The van der Waals surface area contributed by atoms with Crippen molar-refractivity contribution in [3.8, 4) is 5.95 Å². The predicted molar refractivity (Wildman–Crippen MR) is 95.9 cm³/mol. The van der Waals surface area contributed by atoms with Crippen LogP contribution in [0, 0.1) is 0 Å². The van der Waals surface area contributed by atoms with Crippen LogP contribution in [-0.2, 0) is 5.54 Å². The summed E-state index contributed by atoms with van der Waals surface area (Å²) in [6, 6.07) is 9.36. The highest BCUT2D eigenvalue weighted by atomic mass is 16.4. The van der Waals surface area contributed by atoms with E-state index in [1.165, 1.54) is 6.20 Å². The minimum Gasteiger partial charge on any atom is -0.478 e. The first-order valence-corrected chi connectivity index (χ1v) is 8.03. The van der Waals surface area contributed by atoms with Crippen molar-refractivity contribution >= 4 is 11.9 Å². The van der Waals surface area contributed by atoms with Gasteiger partial charge in [0.2, 0.25) is 5.95 Å². The van der Waals surface area contributed by atoms with E-state index in [1.807, 2.05) is 44.2 Å². The number of carbonyl (C=O) groups is 2. The quantitative estimate of drug-likeness (QED) is 0.623. The van der Waals surface area contributed by atoms with Gasteiger partial charge in [-0.15, -0.1) is 0 Å². The van der Waals surface area contributed by atoms with Crippen LogP contribution in [0.5, 0.6) is 0 Å². The van der Waals surface area contributed by atoms with E-state index in [0.717, 1.165) is 22.6 Å². The SMILES string of the molecule is CC(C)(NC(=O)c1cnc(-n2cc(C(=O)O)cn2)[nH]c1=O)c1ccccc1. The first-order valence-electron chi connectivity index (χ1n) is 8.03. The number of aromatic nitrogens is 4. The monoisotopic (exact) mass is 367 g/mol. The van der Waals surface area contributed by atoms with Crippen molar-refractivity contribution in [3.05, 3.63) is 76.0 Å². The van der Waals surface area contributed by atoms with Crippen LogP contribution in [0.15, 0.2) is 53.7 Å². The smallest absolute Gasteiger partial charge is 0.338 e. The molecule has 0 aliphatic rings. The lowest BCUT2D eigenvalue weighted by molar-refractivity contribution is 0.0696. The molecule has 3 N–H and O–H groups in total. The number of amides is 1. The van der Waals surface area contributed by atoms with E-state index in [4.69, 9.17) is 5.11 Å². The highest BCUT2D eigenvalue weighted by molar-refractivity contribution is 5.94. The maximum absolute atomic E-state index is 12.5. The Labute approximate surface area is 153 Å². The average Bonchev–Trinajstić information content (AvgIpc) is 3.12. The molecule has 0 aliphatic heterocycles. The van der Waals surface area contributed by atoms with Crippen molar-refractivity contribution in [2.24, 2.45) is 0 Å². The summed E-state index contributed by atoms with van der Waals surface area (Å²) >= 11 is 0. The first kappa shape index (κ1) is 18.1. The average molecular weight is 367 g/mol. The summed E-state index contributed by atoms with van der Waals surface area (Å²) in [6.07, 6.45) is 3.47. The van der Waals surface area contributed by atoms with Crippen LogP contribution in [0.2, 0.25) is 0 Å². The highest BCUT2D eigenvalue weighted by Crippen LogP contribution is 2.19. The molecule has 3 rings (SSSR count). The lowest BCUT2D eigenvalue weighted by atomic mass is 9.94. The van der Waals surface area contributed by atoms with E-state index in [-0.39, 0.29) is 17.1 Å². The number of benzene rings is 1. The Morgan fingerprint density at radius 3 is 2.48 bits per heavy atom. The zero-order valence-corrected chi connectivity index (χ0v) is 14.6. The molecule has 0 fully saturated rings. The molecule has 0 unspecified atom stereocenters. The van der Waals surface area contributed by atoms with Crippen LogP contribution in [0.3, 0.4) is 0 Å². The fourth-order valence-corrected chi connectivity index (χ4v) is 2.49. The third-order valence-corrected chi connectivity index (χ3v) is 4.00. The lowest BCUT2D eigenvalue weighted by Crippen LogP contribution is -2.43. The molecule has 0 saturated carbocycles. The third-order valence-electron chi connectivity index (χ3n) is 4.00. The summed E-state index contributed by atoms with van der Waals surface area (Å²) < 4.78 is 1.11. The van der Waals surface area contributed by atoms with Gasteiger partial charge >= 0.3 is 5.97 Å². The number of rotatable bonds is 5. The van der Waals surface area contributed by atoms with E-state index in [2.05, 4.69) is 20.4 Å². The van der Waals surface area contributed by atoms with Gasteiger partial charge in [-0.2, -0.15) is 5.10 Å². The number of H-pyrrole nitrogens is 1. The second-order valence-corrected chi connectivity index (χ2v) is 6.37. The van der Waals surface area contributed by atoms with Crippen LogP contribution < -0.4 is 10.9 Å². The van der Waals surface area contributed by atoms with Crippen molar-refractivity contribution in [1.82, 2.24) is 25.1 Å². The van der Waals surface area contributed by atoms with Crippen molar-refractivity contribution in [1.29, 1.82) is 0 Å². The third kappa shape index (κ3) is 3.76. The summed E-state index contributed by atoms with van der Waals surface area (Å²) in [5.41, 5.74) is -0.676. The molecule has 27 heavy (non-hydrogen) atoms. The van der Waals surface area contributed by atoms with Gasteiger partial charge in [0.25, 0.3) is 11.5 Å². The van der Waals surface area contributed by atoms with Gasteiger partial charge in [-0.05, 0) is 19.4 Å². The van der Waals surface area contributed by atoms with Crippen LogP contribution in [0.4, 0.5) is 0 Å². The molecule has 3 aromatic rings. The van der Waals surface area contributed by atoms with Crippen molar-refractivity contribution in [3.63, 3.8) is 0 Å². The van der Waals surface area contributed by atoms with Gasteiger partial charge in [-0.1, -0.05) is 30.3 Å². The summed E-state index contributed by atoms with van der Waals surface area (Å²) in [7, 11) is 0. The number of hydrogen-bond acceptors (Lipinski definition) is 5. The molecule has 0 radical (unpaired) electrons. The maximum atomic E-state index is 12.5. The fourth-order valence-electron chi connectivity index (χ4n) is 2.49. The molecule has 2 heterocycles. The molecule has 0 aliphatic carbocycles. The van der Waals surface area contributed by atoms with Gasteiger partial charge < -0.3 is 10.4 Å². The van der Waals surface area contributed by atoms with Crippen LogP contribution in [-0.4, -0.2) is 36.7 Å². The van der Waals surface area contributed by atoms with E-state index in [1.54, 1.807) is 0 Å². The second-order valence-electron chi connectivity index (χ2n) is 6.37. The molecule has 0 atom stereocenters. The Morgan fingerprint density at radius 2 is 1.89 bits per heavy atom. The number of aromatic amines is 1. The number of aromatic carboxylic acids is 1. The van der Waals surface area contributed by atoms with E-state index in [0.29, 0.717) is 0 Å². The fraction of sp³-hybridized carbons (Fsp3) is 0.167. The Morgan fingerprint density at radius 1 is 1.19 bits per heavy atom. The molecule has 9 nitrogen and oxygen atoms in total. The van der Waals surface area contributed by atoms with E-state index < -0.39 is 23.0 Å². The van der Waals surface area contributed by atoms with E-state index in [9.17, 15) is 14.4 Å². The number of nitrogens with zero attached hydrogens (tertiary/aromatic N) is 3. The molecule has 0 saturated heterocycles. The number of nitrogens with one attached hydrogen (secondary N) is 2. The topological polar surface area (TPSA) is 130 Å².